The molecule has 1 heteroatoms. The molecule has 1 fully saturated rings. The second kappa shape index (κ2) is 2.78. The molecule has 0 atom stereocenters. The molecule has 0 radical (unpaired) electrons. The summed E-state index contributed by atoms with van der Waals surface area (Å²) in [6.45, 7) is 0. The zero-order chi connectivity index (χ0) is 10.8. The second-order valence-corrected chi connectivity index (χ2v) is 5.73. The lowest BCUT2D eigenvalue weighted by atomic mass is 9.94. The van der Waals surface area contributed by atoms with E-state index in [0.29, 0.717) is 5.41 Å². The third-order valence-electron chi connectivity index (χ3n) is 3.98. The van der Waals surface area contributed by atoms with E-state index in [1.165, 1.54) is 34.0 Å². The highest BCUT2D eigenvalue weighted by molar-refractivity contribution is 9.10. The molecule has 2 aliphatic carbocycles. The molecule has 0 saturated heterocycles. The first-order chi connectivity index (χ1) is 7.81. The summed E-state index contributed by atoms with van der Waals surface area (Å²) in [5, 5.41) is 0. The lowest BCUT2D eigenvalue weighted by molar-refractivity contribution is 0.878. The van der Waals surface area contributed by atoms with Crippen LogP contribution in [0.25, 0.3) is 11.1 Å². The van der Waals surface area contributed by atoms with E-state index in [0.717, 1.165) is 0 Å². The molecule has 2 aliphatic rings. The van der Waals surface area contributed by atoms with E-state index >= 15 is 0 Å². The molecule has 78 valence electrons. The summed E-state index contributed by atoms with van der Waals surface area (Å²) in [4.78, 5) is 0. The average molecular weight is 271 g/mol. The molecule has 0 amide bonds. The molecule has 0 aromatic heterocycles. The van der Waals surface area contributed by atoms with Crippen molar-refractivity contribution in [1.82, 2.24) is 0 Å². The molecular weight excluding hydrogens is 260 g/mol. The maximum Gasteiger partial charge on any atom is 0.0216 e. The minimum atomic E-state index is 0.371. The minimum absolute atomic E-state index is 0.371. The van der Waals surface area contributed by atoms with Gasteiger partial charge in [0.05, 0.1) is 0 Å². The van der Waals surface area contributed by atoms with Crippen LogP contribution in [0.3, 0.4) is 0 Å². The first-order valence-corrected chi connectivity index (χ1v) is 6.50. The predicted molar refractivity (Wildman–Crippen MR) is 69.6 cm³/mol. The van der Waals surface area contributed by atoms with E-state index < -0.39 is 0 Å². The minimum Gasteiger partial charge on any atom is -0.0619 e. The highest BCUT2D eigenvalue weighted by atomic mass is 79.9. The van der Waals surface area contributed by atoms with Crippen LogP contribution in [0.4, 0.5) is 0 Å². The molecule has 0 nitrogen and oxygen atoms in total. The van der Waals surface area contributed by atoms with Crippen molar-refractivity contribution < 1.29 is 0 Å². The number of rotatable bonds is 0. The number of halogens is 1. The molecular formula is C15H11Br. The quantitative estimate of drug-likeness (QED) is 0.661. The fourth-order valence-corrected chi connectivity index (χ4v) is 3.45. The van der Waals surface area contributed by atoms with Crippen LogP contribution < -0.4 is 0 Å². The van der Waals surface area contributed by atoms with Crippen molar-refractivity contribution in [3.63, 3.8) is 0 Å². The van der Waals surface area contributed by atoms with Gasteiger partial charge < -0.3 is 0 Å². The number of hydrogen-bond acceptors (Lipinski definition) is 0. The maximum atomic E-state index is 3.59. The van der Waals surface area contributed by atoms with Crippen molar-refractivity contribution in [2.45, 2.75) is 18.3 Å². The van der Waals surface area contributed by atoms with Crippen LogP contribution in [-0.2, 0) is 5.41 Å². The summed E-state index contributed by atoms with van der Waals surface area (Å²) in [6, 6.07) is 15.6. The SMILES string of the molecule is Brc1ccc2c(c1)C1(CC1)c1ccccc1-2. The summed E-state index contributed by atoms with van der Waals surface area (Å²) in [6.07, 6.45) is 2.63. The van der Waals surface area contributed by atoms with Gasteiger partial charge >= 0.3 is 0 Å². The Bertz CT molecular complexity index is 594. The van der Waals surface area contributed by atoms with Crippen LogP contribution in [-0.4, -0.2) is 0 Å². The van der Waals surface area contributed by atoms with Crippen LogP contribution >= 0.6 is 15.9 Å². The molecule has 0 bridgehead atoms. The molecule has 0 N–H and O–H groups in total. The summed E-state index contributed by atoms with van der Waals surface area (Å²) in [7, 11) is 0. The van der Waals surface area contributed by atoms with Crippen molar-refractivity contribution in [2.24, 2.45) is 0 Å². The summed E-state index contributed by atoms with van der Waals surface area (Å²) in [5.41, 5.74) is 6.33. The van der Waals surface area contributed by atoms with E-state index in [-0.39, 0.29) is 0 Å². The first-order valence-electron chi connectivity index (χ1n) is 5.71. The van der Waals surface area contributed by atoms with Gasteiger partial charge in [-0.25, -0.2) is 0 Å². The topological polar surface area (TPSA) is 0 Å². The molecule has 4 rings (SSSR count). The van der Waals surface area contributed by atoms with Crippen LogP contribution in [0.2, 0.25) is 0 Å². The number of fused-ring (bicyclic) bond motifs is 5. The summed E-state index contributed by atoms with van der Waals surface area (Å²) in [5.74, 6) is 0. The largest absolute Gasteiger partial charge is 0.0619 e. The Morgan fingerprint density at radius 1 is 0.875 bits per heavy atom. The van der Waals surface area contributed by atoms with Gasteiger partial charge in [-0.3, -0.25) is 0 Å². The molecule has 0 aliphatic heterocycles. The van der Waals surface area contributed by atoms with Crippen molar-refractivity contribution in [1.29, 1.82) is 0 Å². The van der Waals surface area contributed by atoms with Crippen LogP contribution in [0.15, 0.2) is 46.9 Å². The Balaban J connectivity index is 2.11. The molecule has 16 heavy (non-hydrogen) atoms. The van der Waals surface area contributed by atoms with Crippen molar-refractivity contribution in [3.05, 3.63) is 58.1 Å². The standard InChI is InChI=1S/C15H11Br/c16-10-5-6-12-11-3-1-2-4-13(11)15(7-8-15)14(12)9-10/h1-6,9H,7-8H2. The predicted octanol–water partition coefficient (Wildman–Crippen LogP) is 4.51. The van der Waals surface area contributed by atoms with E-state index in [2.05, 4.69) is 58.4 Å². The van der Waals surface area contributed by atoms with Crippen molar-refractivity contribution in [2.75, 3.05) is 0 Å². The zero-order valence-corrected chi connectivity index (χ0v) is 10.4. The molecule has 0 heterocycles. The van der Waals surface area contributed by atoms with E-state index in [1.54, 1.807) is 5.56 Å². The maximum absolute atomic E-state index is 3.59. The van der Waals surface area contributed by atoms with Crippen LogP contribution in [0.1, 0.15) is 24.0 Å². The van der Waals surface area contributed by atoms with Gasteiger partial charge in [0.2, 0.25) is 0 Å². The van der Waals surface area contributed by atoms with Gasteiger partial charge in [-0.1, -0.05) is 46.3 Å². The Morgan fingerprint density at radius 2 is 1.62 bits per heavy atom. The fourth-order valence-electron chi connectivity index (χ4n) is 3.09. The van der Waals surface area contributed by atoms with Gasteiger partial charge in [0.15, 0.2) is 0 Å². The third kappa shape index (κ3) is 0.952. The van der Waals surface area contributed by atoms with Gasteiger partial charge in [0.1, 0.15) is 0 Å². The van der Waals surface area contributed by atoms with Gasteiger partial charge in [-0.15, -0.1) is 0 Å². The van der Waals surface area contributed by atoms with Crippen LogP contribution in [0.5, 0.6) is 0 Å². The fraction of sp³-hybridized carbons (Fsp3) is 0.200. The highest BCUT2D eigenvalue weighted by Crippen LogP contribution is 2.62. The number of benzene rings is 2. The molecule has 1 saturated carbocycles. The van der Waals surface area contributed by atoms with Gasteiger partial charge in [-0.05, 0) is 47.2 Å². The second-order valence-electron chi connectivity index (χ2n) is 4.82. The highest BCUT2D eigenvalue weighted by Gasteiger charge is 2.51. The zero-order valence-electron chi connectivity index (χ0n) is 8.83. The smallest absolute Gasteiger partial charge is 0.0216 e. The van der Waals surface area contributed by atoms with Crippen molar-refractivity contribution >= 4 is 15.9 Å². The lowest BCUT2D eigenvalue weighted by Gasteiger charge is -2.10. The molecule has 2 aromatic carbocycles. The van der Waals surface area contributed by atoms with Crippen LogP contribution in [0, 0.1) is 0 Å². The molecule has 2 aromatic rings. The first kappa shape index (κ1) is 9.00. The van der Waals surface area contributed by atoms with Gasteiger partial charge in [0, 0.05) is 9.89 Å². The summed E-state index contributed by atoms with van der Waals surface area (Å²) < 4.78 is 1.20. The Hall–Kier alpha value is -1.08. The van der Waals surface area contributed by atoms with E-state index in [9.17, 15) is 0 Å². The molecule has 1 spiro atoms. The van der Waals surface area contributed by atoms with Gasteiger partial charge in [0.25, 0.3) is 0 Å². The summed E-state index contributed by atoms with van der Waals surface area (Å²) >= 11 is 3.59. The third-order valence-corrected chi connectivity index (χ3v) is 4.47. The lowest BCUT2D eigenvalue weighted by Crippen LogP contribution is -2.02. The normalized spacial score (nSPS) is 18.3. The Labute approximate surface area is 103 Å². The van der Waals surface area contributed by atoms with Crippen molar-refractivity contribution in [3.8, 4) is 11.1 Å². The number of hydrogen-bond donors (Lipinski definition) is 0. The monoisotopic (exact) mass is 270 g/mol. The Kier molecular flexibility index (Phi) is 1.56. The van der Waals surface area contributed by atoms with E-state index in [1.807, 2.05) is 0 Å². The Morgan fingerprint density at radius 3 is 2.44 bits per heavy atom. The van der Waals surface area contributed by atoms with E-state index in [4.69, 9.17) is 0 Å². The van der Waals surface area contributed by atoms with Gasteiger partial charge in [-0.2, -0.15) is 0 Å². The average Bonchev–Trinajstić information content (AvgIpc) is 3.05. The molecule has 0 unspecified atom stereocenters.